The van der Waals surface area contributed by atoms with Gasteiger partial charge >= 0.3 is 6.01 Å². The molecule has 1 saturated carbocycles. The topological polar surface area (TPSA) is 80.0 Å². The van der Waals surface area contributed by atoms with Crippen molar-refractivity contribution < 1.29 is 9.21 Å². The Morgan fingerprint density at radius 3 is 2.86 bits per heavy atom. The van der Waals surface area contributed by atoms with Crippen molar-refractivity contribution in [2.75, 3.05) is 11.9 Å². The molecule has 3 rings (SSSR count). The standard InChI is InChI=1S/C15H24N4O2/c1-15(2)8-4-3-6-10(15)12(20)17-14-19-18-13(21-14)11-7-5-9-16-11/h10-11,16H,3-9H2,1-2H3,(H,17,19,20). The molecule has 0 spiro atoms. The zero-order valence-electron chi connectivity index (χ0n) is 12.8. The number of nitrogens with one attached hydrogen (secondary N) is 2. The van der Waals surface area contributed by atoms with Crippen molar-refractivity contribution in [2.24, 2.45) is 11.3 Å². The molecule has 1 aromatic rings. The number of hydrogen-bond acceptors (Lipinski definition) is 5. The van der Waals surface area contributed by atoms with Crippen LogP contribution in [0.4, 0.5) is 6.01 Å². The number of nitrogens with zero attached hydrogens (tertiary/aromatic N) is 2. The highest BCUT2D eigenvalue weighted by Gasteiger charge is 2.37. The third kappa shape index (κ3) is 3.10. The molecule has 21 heavy (non-hydrogen) atoms. The second-order valence-corrected chi connectivity index (χ2v) is 6.87. The Balaban J connectivity index is 1.64. The molecule has 116 valence electrons. The van der Waals surface area contributed by atoms with E-state index in [0.717, 1.165) is 38.6 Å². The average Bonchev–Trinajstić information content (AvgIpc) is 3.08. The van der Waals surface area contributed by atoms with Gasteiger partial charge in [0.1, 0.15) is 0 Å². The lowest BCUT2D eigenvalue weighted by atomic mass is 9.68. The summed E-state index contributed by atoms with van der Waals surface area (Å²) in [6.45, 7) is 5.31. The van der Waals surface area contributed by atoms with Gasteiger partial charge in [-0.15, -0.1) is 5.10 Å². The summed E-state index contributed by atoms with van der Waals surface area (Å²) in [5.41, 5.74) is 0.0399. The van der Waals surface area contributed by atoms with E-state index in [9.17, 15) is 4.79 Å². The summed E-state index contributed by atoms with van der Waals surface area (Å²) in [6, 6.07) is 0.361. The van der Waals surface area contributed by atoms with Crippen molar-refractivity contribution in [3.63, 3.8) is 0 Å². The van der Waals surface area contributed by atoms with E-state index in [1.54, 1.807) is 0 Å². The van der Waals surface area contributed by atoms with E-state index in [1.165, 1.54) is 6.42 Å². The van der Waals surface area contributed by atoms with Gasteiger partial charge in [0.05, 0.1) is 6.04 Å². The largest absolute Gasteiger partial charge is 0.406 e. The first-order valence-electron chi connectivity index (χ1n) is 7.94. The first-order valence-corrected chi connectivity index (χ1v) is 7.94. The summed E-state index contributed by atoms with van der Waals surface area (Å²) >= 11 is 0. The van der Waals surface area contributed by atoms with Crippen LogP contribution in [0.25, 0.3) is 0 Å². The highest BCUT2D eigenvalue weighted by atomic mass is 16.4. The van der Waals surface area contributed by atoms with Gasteiger partial charge in [-0.2, -0.15) is 0 Å². The lowest BCUT2D eigenvalue weighted by Gasteiger charge is -2.37. The molecule has 0 radical (unpaired) electrons. The molecule has 1 saturated heterocycles. The maximum atomic E-state index is 12.5. The molecule has 6 nitrogen and oxygen atoms in total. The van der Waals surface area contributed by atoms with Crippen molar-refractivity contribution in [1.82, 2.24) is 15.5 Å². The van der Waals surface area contributed by atoms with Crippen LogP contribution < -0.4 is 10.6 Å². The fraction of sp³-hybridized carbons (Fsp3) is 0.800. The summed E-state index contributed by atoms with van der Waals surface area (Å²) in [4.78, 5) is 12.5. The van der Waals surface area contributed by atoms with E-state index in [-0.39, 0.29) is 29.3 Å². The second kappa shape index (κ2) is 5.75. The number of hydrogen-bond donors (Lipinski definition) is 2. The van der Waals surface area contributed by atoms with Gasteiger partial charge in [-0.05, 0) is 37.6 Å². The number of anilines is 1. The molecule has 2 aliphatic rings. The minimum absolute atomic E-state index is 0.00859. The summed E-state index contributed by atoms with van der Waals surface area (Å²) < 4.78 is 5.58. The van der Waals surface area contributed by atoms with Gasteiger partial charge in [-0.25, -0.2) is 0 Å². The molecule has 2 N–H and O–H groups in total. The van der Waals surface area contributed by atoms with Crippen molar-refractivity contribution in [2.45, 2.75) is 58.4 Å². The van der Waals surface area contributed by atoms with Gasteiger partial charge in [0, 0.05) is 5.92 Å². The third-order valence-electron chi connectivity index (χ3n) is 4.85. The Bertz CT molecular complexity index is 506. The number of amides is 1. The minimum Gasteiger partial charge on any atom is -0.406 e. The Labute approximate surface area is 125 Å². The molecule has 2 fully saturated rings. The monoisotopic (exact) mass is 292 g/mol. The number of rotatable bonds is 3. The second-order valence-electron chi connectivity index (χ2n) is 6.87. The summed E-state index contributed by atoms with van der Waals surface area (Å²) in [7, 11) is 0. The zero-order chi connectivity index (χ0) is 14.9. The maximum absolute atomic E-state index is 12.5. The number of carbonyl (C=O) groups is 1. The van der Waals surface area contributed by atoms with Gasteiger partial charge in [-0.3, -0.25) is 10.1 Å². The number of aromatic nitrogens is 2. The van der Waals surface area contributed by atoms with E-state index in [0.29, 0.717) is 5.89 Å². The SMILES string of the molecule is CC1(C)CCCCC1C(=O)Nc1nnc(C2CCCN2)o1. The van der Waals surface area contributed by atoms with E-state index in [1.807, 2.05) is 0 Å². The van der Waals surface area contributed by atoms with Crippen LogP contribution in [0, 0.1) is 11.3 Å². The van der Waals surface area contributed by atoms with Crippen molar-refractivity contribution >= 4 is 11.9 Å². The molecule has 1 aromatic heterocycles. The summed E-state index contributed by atoms with van der Waals surface area (Å²) in [5.74, 6) is 0.603. The summed E-state index contributed by atoms with van der Waals surface area (Å²) in [5, 5.41) is 14.1. The predicted molar refractivity (Wildman–Crippen MR) is 78.6 cm³/mol. The van der Waals surface area contributed by atoms with E-state index in [2.05, 4.69) is 34.7 Å². The number of carbonyl (C=O) groups excluding carboxylic acids is 1. The Hall–Kier alpha value is -1.43. The molecule has 1 aliphatic carbocycles. The highest BCUT2D eigenvalue weighted by molar-refractivity contribution is 5.91. The van der Waals surface area contributed by atoms with Crippen LogP contribution in [0.3, 0.4) is 0 Å². The quantitative estimate of drug-likeness (QED) is 0.895. The molecule has 2 heterocycles. The fourth-order valence-electron chi connectivity index (χ4n) is 3.49. The third-order valence-corrected chi connectivity index (χ3v) is 4.85. The molecule has 2 unspecified atom stereocenters. The van der Waals surface area contributed by atoms with Crippen LogP contribution in [-0.4, -0.2) is 22.6 Å². The van der Waals surface area contributed by atoms with Crippen LogP contribution in [0.5, 0.6) is 0 Å². The van der Waals surface area contributed by atoms with Crippen LogP contribution >= 0.6 is 0 Å². The summed E-state index contributed by atoms with van der Waals surface area (Å²) in [6.07, 6.45) is 6.46. The molecule has 6 heteroatoms. The molecule has 0 aromatic carbocycles. The maximum Gasteiger partial charge on any atom is 0.322 e. The van der Waals surface area contributed by atoms with Gasteiger partial charge in [0.25, 0.3) is 0 Å². The Kier molecular flexibility index (Phi) is 3.97. The van der Waals surface area contributed by atoms with E-state index in [4.69, 9.17) is 4.42 Å². The van der Waals surface area contributed by atoms with E-state index < -0.39 is 0 Å². The highest BCUT2D eigenvalue weighted by Crippen LogP contribution is 2.41. The van der Waals surface area contributed by atoms with Gasteiger partial charge in [-0.1, -0.05) is 31.8 Å². The Morgan fingerprint density at radius 1 is 1.29 bits per heavy atom. The van der Waals surface area contributed by atoms with Gasteiger partial charge < -0.3 is 9.73 Å². The molecule has 1 amide bonds. The minimum atomic E-state index is 0.00859. The molecular formula is C15H24N4O2. The first-order chi connectivity index (χ1) is 10.1. The van der Waals surface area contributed by atoms with Gasteiger partial charge in [0.2, 0.25) is 11.8 Å². The normalized spacial score (nSPS) is 28.5. The fourth-order valence-corrected chi connectivity index (χ4v) is 3.49. The van der Waals surface area contributed by atoms with Crippen LogP contribution in [0.2, 0.25) is 0 Å². The van der Waals surface area contributed by atoms with Crippen LogP contribution in [-0.2, 0) is 4.79 Å². The van der Waals surface area contributed by atoms with Crippen LogP contribution in [0.15, 0.2) is 4.42 Å². The lowest BCUT2D eigenvalue weighted by molar-refractivity contribution is -0.125. The molecule has 1 aliphatic heterocycles. The predicted octanol–water partition coefficient (Wildman–Crippen LogP) is 2.65. The van der Waals surface area contributed by atoms with Crippen LogP contribution in [0.1, 0.15) is 64.3 Å². The van der Waals surface area contributed by atoms with Crippen molar-refractivity contribution in [3.05, 3.63) is 5.89 Å². The first kappa shape index (κ1) is 14.5. The smallest absolute Gasteiger partial charge is 0.322 e. The zero-order valence-corrected chi connectivity index (χ0v) is 12.8. The lowest BCUT2D eigenvalue weighted by Crippen LogP contribution is -2.37. The molecular weight excluding hydrogens is 268 g/mol. The van der Waals surface area contributed by atoms with Crippen molar-refractivity contribution in [1.29, 1.82) is 0 Å². The Morgan fingerprint density at radius 2 is 2.14 bits per heavy atom. The molecule has 2 atom stereocenters. The van der Waals surface area contributed by atoms with Gasteiger partial charge in [0.15, 0.2) is 0 Å². The van der Waals surface area contributed by atoms with E-state index >= 15 is 0 Å². The van der Waals surface area contributed by atoms with Crippen molar-refractivity contribution in [3.8, 4) is 0 Å². The molecule has 0 bridgehead atoms. The average molecular weight is 292 g/mol.